The zero-order valence-electron chi connectivity index (χ0n) is 11.7. The van der Waals surface area contributed by atoms with Gasteiger partial charge in [-0.15, -0.1) is 0 Å². The Hall–Kier alpha value is -2.62. The minimum absolute atomic E-state index is 0.341. The predicted molar refractivity (Wildman–Crippen MR) is 79.7 cm³/mol. The second-order valence-electron chi connectivity index (χ2n) is 4.91. The first kappa shape index (κ1) is 13.4. The number of cyclic esters (lactones) is 1. The molecule has 0 spiro atoms. The van der Waals surface area contributed by atoms with Crippen LogP contribution in [-0.2, 0) is 16.0 Å². The molecule has 3 rings (SSSR count). The summed E-state index contributed by atoms with van der Waals surface area (Å²) < 4.78 is 10.4. The van der Waals surface area contributed by atoms with E-state index in [-0.39, 0.29) is 0 Å². The van der Waals surface area contributed by atoms with Crippen LogP contribution < -0.4 is 0 Å². The summed E-state index contributed by atoms with van der Waals surface area (Å²) in [6.07, 6.45) is 4.57. The summed E-state index contributed by atoms with van der Waals surface area (Å²) in [7, 11) is 0. The van der Waals surface area contributed by atoms with Crippen LogP contribution in [0.2, 0.25) is 0 Å². The second kappa shape index (κ2) is 5.79. The molecule has 0 N–H and O–H groups in total. The molecule has 0 aliphatic carbocycles. The van der Waals surface area contributed by atoms with Gasteiger partial charge in [-0.1, -0.05) is 29.8 Å². The number of ether oxygens (including phenoxy) is 1. The minimum atomic E-state index is -0.398. The van der Waals surface area contributed by atoms with Crippen molar-refractivity contribution in [3.05, 3.63) is 65.2 Å². The van der Waals surface area contributed by atoms with Gasteiger partial charge in [0.15, 0.2) is 11.6 Å². The van der Waals surface area contributed by atoms with Crippen LogP contribution in [-0.4, -0.2) is 11.9 Å². The first-order chi connectivity index (χ1) is 10.2. The van der Waals surface area contributed by atoms with E-state index in [2.05, 4.69) is 4.99 Å². The van der Waals surface area contributed by atoms with Gasteiger partial charge in [-0.05, 0) is 30.7 Å². The number of aliphatic imine (C=N–C) groups is 1. The van der Waals surface area contributed by atoms with Crippen molar-refractivity contribution >= 4 is 17.9 Å². The van der Waals surface area contributed by atoms with Crippen molar-refractivity contribution in [1.82, 2.24) is 0 Å². The number of benzene rings is 1. The van der Waals surface area contributed by atoms with Gasteiger partial charge in [0, 0.05) is 12.8 Å². The highest BCUT2D eigenvalue weighted by Gasteiger charge is 2.22. The van der Waals surface area contributed by atoms with Gasteiger partial charge >= 0.3 is 5.97 Å². The van der Waals surface area contributed by atoms with Gasteiger partial charge in [0.25, 0.3) is 0 Å². The topological polar surface area (TPSA) is 51.8 Å². The molecule has 0 amide bonds. The molecular formula is C17H15NO3. The molecule has 0 atom stereocenters. The Kier molecular flexibility index (Phi) is 3.69. The van der Waals surface area contributed by atoms with Crippen molar-refractivity contribution in [2.45, 2.75) is 19.8 Å². The Morgan fingerprint density at radius 1 is 1.14 bits per heavy atom. The molecule has 0 fully saturated rings. The summed E-state index contributed by atoms with van der Waals surface area (Å²) in [6, 6.07) is 11.6. The molecule has 4 nitrogen and oxygen atoms in total. The lowest BCUT2D eigenvalue weighted by Crippen LogP contribution is -2.04. The average molecular weight is 281 g/mol. The summed E-state index contributed by atoms with van der Waals surface area (Å²) in [5, 5.41) is 0. The van der Waals surface area contributed by atoms with Gasteiger partial charge in [0.2, 0.25) is 0 Å². The molecule has 1 aliphatic rings. The van der Waals surface area contributed by atoms with Crippen LogP contribution in [0.4, 0.5) is 0 Å². The number of hydrogen-bond donors (Lipinski definition) is 0. The van der Waals surface area contributed by atoms with Gasteiger partial charge in [0.1, 0.15) is 5.76 Å². The first-order valence-corrected chi connectivity index (χ1v) is 6.81. The molecule has 2 aromatic rings. The van der Waals surface area contributed by atoms with Crippen LogP contribution in [0.5, 0.6) is 0 Å². The minimum Gasteiger partial charge on any atom is -0.469 e. The van der Waals surface area contributed by atoms with E-state index in [1.54, 1.807) is 12.3 Å². The molecule has 106 valence electrons. The van der Waals surface area contributed by atoms with E-state index in [9.17, 15) is 4.79 Å². The van der Waals surface area contributed by atoms with Gasteiger partial charge < -0.3 is 9.15 Å². The average Bonchev–Trinajstić information content (AvgIpc) is 3.10. The Morgan fingerprint density at radius 3 is 2.67 bits per heavy atom. The maximum absolute atomic E-state index is 11.8. The zero-order chi connectivity index (χ0) is 14.7. The number of carbonyl (C=O) groups is 1. The van der Waals surface area contributed by atoms with Crippen LogP contribution in [0.25, 0.3) is 6.08 Å². The fourth-order valence-electron chi connectivity index (χ4n) is 2.07. The zero-order valence-corrected chi connectivity index (χ0v) is 11.7. The molecule has 0 bridgehead atoms. The Bertz CT molecular complexity index is 694. The number of nitrogens with zero attached hydrogens (tertiary/aromatic N) is 1. The summed E-state index contributed by atoms with van der Waals surface area (Å²) in [5.74, 6) is 0.893. The largest absolute Gasteiger partial charge is 0.469 e. The van der Waals surface area contributed by atoms with E-state index in [4.69, 9.17) is 9.15 Å². The Balaban J connectivity index is 1.71. The molecule has 0 radical (unpaired) electrons. The van der Waals surface area contributed by atoms with Crippen molar-refractivity contribution in [2.24, 2.45) is 4.99 Å². The summed E-state index contributed by atoms with van der Waals surface area (Å²) >= 11 is 0. The fraction of sp³-hybridized carbons (Fsp3) is 0.176. The van der Waals surface area contributed by atoms with Crippen LogP contribution >= 0.6 is 0 Å². The normalized spacial score (nSPS) is 16.1. The number of furan rings is 1. The van der Waals surface area contributed by atoms with E-state index >= 15 is 0 Å². The number of esters is 1. The second-order valence-corrected chi connectivity index (χ2v) is 4.91. The van der Waals surface area contributed by atoms with Crippen molar-refractivity contribution in [3.8, 4) is 0 Å². The Morgan fingerprint density at radius 2 is 1.95 bits per heavy atom. The molecule has 4 heteroatoms. The number of hydrogen-bond acceptors (Lipinski definition) is 4. The smallest absolute Gasteiger partial charge is 0.363 e. The molecular weight excluding hydrogens is 266 g/mol. The highest BCUT2D eigenvalue weighted by atomic mass is 16.6. The monoisotopic (exact) mass is 281 g/mol. The first-order valence-electron chi connectivity index (χ1n) is 6.81. The molecule has 1 aliphatic heterocycles. The van der Waals surface area contributed by atoms with E-state index < -0.39 is 5.97 Å². The van der Waals surface area contributed by atoms with E-state index in [0.29, 0.717) is 24.4 Å². The van der Waals surface area contributed by atoms with Gasteiger partial charge in [-0.2, -0.15) is 0 Å². The maximum atomic E-state index is 11.8. The molecule has 0 unspecified atom stereocenters. The molecule has 0 saturated carbocycles. The molecule has 0 saturated heterocycles. The SMILES string of the molecule is Cc1ccc(/C=C2/N=C(CCc3ccco3)OC2=O)cc1. The van der Waals surface area contributed by atoms with Crippen molar-refractivity contribution in [1.29, 1.82) is 0 Å². The van der Waals surface area contributed by atoms with Gasteiger partial charge in [0.05, 0.1) is 6.26 Å². The van der Waals surface area contributed by atoms with Crippen molar-refractivity contribution < 1.29 is 13.9 Å². The quantitative estimate of drug-likeness (QED) is 0.636. The third-order valence-corrected chi connectivity index (χ3v) is 3.21. The lowest BCUT2D eigenvalue weighted by Gasteiger charge is -1.96. The molecule has 1 aromatic carbocycles. The predicted octanol–water partition coefficient (Wildman–Crippen LogP) is 3.52. The van der Waals surface area contributed by atoms with Crippen LogP contribution in [0.15, 0.2) is 57.8 Å². The van der Waals surface area contributed by atoms with Crippen LogP contribution in [0.1, 0.15) is 23.3 Å². The van der Waals surface area contributed by atoms with Gasteiger partial charge in [-0.25, -0.2) is 9.79 Å². The molecule has 21 heavy (non-hydrogen) atoms. The lowest BCUT2D eigenvalue weighted by atomic mass is 10.1. The summed E-state index contributed by atoms with van der Waals surface area (Å²) in [4.78, 5) is 16.0. The fourth-order valence-corrected chi connectivity index (χ4v) is 2.07. The number of carbonyl (C=O) groups excluding carboxylic acids is 1. The standard InChI is InChI=1S/C17H15NO3/c1-12-4-6-13(7-5-12)11-15-17(19)21-16(18-15)9-8-14-3-2-10-20-14/h2-7,10-11H,8-9H2,1H3/b15-11+. The lowest BCUT2D eigenvalue weighted by molar-refractivity contribution is -0.130. The third kappa shape index (κ3) is 3.28. The number of rotatable bonds is 4. The molecule has 2 heterocycles. The van der Waals surface area contributed by atoms with E-state index in [1.807, 2.05) is 43.3 Å². The van der Waals surface area contributed by atoms with E-state index in [1.165, 1.54) is 5.56 Å². The summed E-state index contributed by atoms with van der Waals surface area (Å²) in [5.41, 5.74) is 2.45. The van der Waals surface area contributed by atoms with Crippen molar-refractivity contribution in [2.75, 3.05) is 0 Å². The highest BCUT2D eigenvalue weighted by Crippen LogP contribution is 2.18. The van der Waals surface area contributed by atoms with E-state index in [0.717, 1.165) is 11.3 Å². The summed E-state index contributed by atoms with van der Waals surface area (Å²) in [6.45, 7) is 2.02. The third-order valence-electron chi connectivity index (χ3n) is 3.21. The highest BCUT2D eigenvalue weighted by molar-refractivity contribution is 6.07. The maximum Gasteiger partial charge on any atom is 0.363 e. The number of aryl methyl sites for hydroxylation is 2. The van der Waals surface area contributed by atoms with Crippen molar-refractivity contribution in [3.63, 3.8) is 0 Å². The van der Waals surface area contributed by atoms with Gasteiger partial charge in [-0.3, -0.25) is 0 Å². The van der Waals surface area contributed by atoms with Crippen LogP contribution in [0.3, 0.4) is 0 Å². The molecule has 1 aromatic heterocycles. The van der Waals surface area contributed by atoms with Crippen LogP contribution in [0, 0.1) is 6.92 Å². The Labute approximate surface area is 122 Å².